The van der Waals surface area contributed by atoms with Crippen LogP contribution in [0.2, 0.25) is 0 Å². The van der Waals surface area contributed by atoms with Crippen LogP contribution in [0.3, 0.4) is 0 Å². The Labute approximate surface area is 70.6 Å². The summed E-state index contributed by atoms with van der Waals surface area (Å²) in [4.78, 5) is 0.833. The van der Waals surface area contributed by atoms with Gasteiger partial charge in [0.2, 0.25) is 0 Å². The largest absolute Gasteiger partial charge is 0.367 e. The summed E-state index contributed by atoms with van der Waals surface area (Å²) >= 11 is 5.11. The summed E-state index contributed by atoms with van der Waals surface area (Å²) in [6, 6.07) is 8.03. The number of rotatable bonds is 0. The Bertz CT molecular complexity index is 296. The van der Waals surface area contributed by atoms with Gasteiger partial charge in [-0.15, -0.1) is 0 Å². The van der Waals surface area contributed by atoms with E-state index in [0.717, 1.165) is 22.9 Å². The summed E-state index contributed by atoms with van der Waals surface area (Å²) in [5.41, 5.74) is 2.21. The van der Waals surface area contributed by atoms with Gasteiger partial charge in [0.1, 0.15) is 4.99 Å². The van der Waals surface area contributed by atoms with Crippen molar-refractivity contribution in [2.24, 2.45) is 0 Å². The fourth-order valence-corrected chi connectivity index (χ4v) is 1.40. The lowest BCUT2D eigenvalue weighted by atomic mass is 10.1. The summed E-state index contributed by atoms with van der Waals surface area (Å²) in [5, 5.41) is 6.25. The molecular weight excluding hydrogens is 156 g/mol. The topological polar surface area (TPSA) is 24.1 Å². The van der Waals surface area contributed by atoms with E-state index >= 15 is 0 Å². The molecule has 0 bridgehead atoms. The molecule has 0 amide bonds. The zero-order chi connectivity index (χ0) is 7.68. The van der Waals surface area contributed by atoms with Crippen LogP contribution < -0.4 is 10.6 Å². The van der Waals surface area contributed by atoms with Gasteiger partial charge in [-0.25, -0.2) is 0 Å². The average molecular weight is 164 g/mol. The molecule has 0 saturated carbocycles. The smallest absolute Gasteiger partial charge is 0.110 e. The van der Waals surface area contributed by atoms with E-state index in [4.69, 9.17) is 12.2 Å². The third-order valence-electron chi connectivity index (χ3n) is 1.70. The quantitative estimate of drug-likeness (QED) is 0.566. The predicted octanol–water partition coefficient (Wildman–Crippen LogP) is 1.33. The average Bonchev–Trinajstić information content (AvgIpc) is 2.06. The number of fused-ring (bicyclic) bond motifs is 1. The maximum atomic E-state index is 5.11. The van der Waals surface area contributed by atoms with Crippen molar-refractivity contribution < 1.29 is 0 Å². The molecule has 56 valence electrons. The SMILES string of the molecule is S=C1NCNc2ccccc21. The van der Waals surface area contributed by atoms with Gasteiger partial charge in [0.25, 0.3) is 0 Å². The van der Waals surface area contributed by atoms with E-state index < -0.39 is 0 Å². The first-order chi connectivity index (χ1) is 5.38. The minimum Gasteiger partial charge on any atom is -0.367 e. The minimum absolute atomic E-state index is 0.732. The lowest BCUT2D eigenvalue weighted by Crippen LogP contribution is -2.33. The molecule has 0 radical (unpaired) electrons. The zero-order valence-electron chi connectivity index (χ0n) is 5.92. The van der Waals surface area contributed by atoms with Gasteiger partial charge < -0.3 is 10.6 Å². The molecule has 0 atom stereocenters. The molecule has 1 heterocycles. The van der Waals surface area contributed by atoms with E-state index in [1.807, 2.05) is 24.3 Å². The second-order valence-corrected chi connectivity index (χ2v) is 2.81. The number of anilines is 1. The highest BCUT2D eigenvalue weighted by molar-refractivity contribution is 7.80. The molecule has 0 unspecified atom stereocenters. The Morgan fingerprint density at radius 3 is 2.82 bits per heavy atom. The van der Waals surface area contributed by atoms with Crippen LogP contribution in [0.1, 0.15) is 5.56 Å². The van der Waals surface area contributed by atoms with E-state index in [2.05, 4.69) is 10.6 Å². The molecular formula is C8H8N2S. The monoisotopic (exact) mass is 164 g/mol. The van der Waals surface area contributed by atoms with Crippen molar-refractivity contribution in [2.45, 2.75) is 0 Å². The van der Waals surface area contributed by atoms with Crippen LogP contribution in [0, 0.1) is 0 Å². The van der Waals surface area contributed by atoms with E-state index in [9.17, 15) is 0 Å². The second-order valence-electron chi connectivity index (χ2n) is 2.41. The van der Waals surface area contributed by atoms with Crippen molar-refractivity contribution in [2.75, 3.05) is 12.0 Å². The second kappa shape index (κ2) is 2.51. The first kappa shape index (κ1) is 6.61. The van der Waals surface area contributed by atoms with Gasteiger partial charge in [0, 0.05) is 11.3 Å². The predicted molar refractivity (Wildman–Crippen MR) is 49.8 cm³/mol. The Hall–Kier alpha value is -1.09. The molecule has 2 nitrogen and oxygen atoms in total. The highest BCUT2D eigenvalue weighted by atomic mass is 32.1. The first-order valence-electron chi connectivity index (χ1n) is 3.49. The molecule has 0 aliphatic carbocycles. The lowest BCUT2D eigenvalue weighted by molar-refractivity contribution is 0.973. The standard InChI is InChI=1S/C8H8N2S/c11-8-6-3-1-2-4-7(6)9-5-10-8/h1-4,9H,5H2,(H,10,11). The van der Waals surface area contributed by atoms with E-state index in [1.165, 1.54) is 0 Å². The number of nitrogens with one attached hydrogen (secondary N) is 2. The van der Waals surface area contributed by atoms with Gasteiger partial charge >= 0.3 is 0 Å². The molecule has 3 heteroatoms. The first-order valence-corrected chi connectivity index (χ1v) is 3.90. The Morgan fingerprint density at radius 1 is 1.18 bits per heavy atom. The van der Waals surface area contributed by atoms with Crippen LogP contribution in [0.5, 0.6) is 0 Å². The van der Waals surface area contributed by atoms with Crippen molar-refractivity contribution >= 4 is 22.9 Å². The van der Waals surface area contributed by atoms with Crippen LogP contribution in [0.15, 0.2) is 24.3 Å². The Morgan fingerprint density at radius 2 is 2.00 bits per heavy atom. The molecule has 0 saturated heterocycles. The van der Waals surface area contributed by atoms with Gasteiger partial charge in [-0.1, -0.05) is 24.4 Å². The summed E-state index contributed by atoms with van der Waals surface area (Å²) in [5.74, 6) is 0. The van der Waals surface area contributed by atoms with Gasteiger partial charge in [-0.3, -0.25) is 0 Å². The van der Waals surface area contributed by atoms with Crippen LogP contribution in [0.4, 0.5) is 5.69 Å². The van der Waals surface area contributed by atoms with E-state index in [-0.39, 0.29) is 0 Å². The third-order valence-corrected chi connectivity index (χ3v) is 2.06. The van der Waals surface area contributed by atoms with Crippen molar-refractivity contribution in [3.05, 3.63) is 29.8 Å². The highest BCUT2D eigenvalue weighted by Crippen LogP contribution is 2.17. The van der Waals surface area contributed by atoms with Crippen molar-refractivity contribution in [1.29, 1.82) is 0 Å². The van der Waals surface area contributed by atoms with Crippen LogP contribution >= 0.6 is 12.2 Å². The number of hydrogen-bond donors (Lipinski definition) is 2. The number of benzene rings is 1. The highest BCUT2D eigenvalue weighted by Gasteiger charge is 2.09. The normalized spacial score (nSPS) is 14.7. The molecule has 0 aromatic heterocycles. The zero-order valence-corrected chi connectivity index (χ0v) is 6.74. The number of hydrogen-bond acceptors (Lipinski definition) is 2. The minimum atomic E-state index is 0.732. The Balaban J connectivity index is 2.52. The number of thiocarbonyl (C=S) groups is 1. The van der Waals surface area contributed by atoms with Crippen LogP contribution in [-0.2, 0) is 0 Å². The maximum Gasteiger partial charge on any atom is 0.110 e. The Kier molecular flexibility index (Phi) is 1.51. The molecule has 2 rings (SSSR count). The third kappa shape index (κ3) is 1.07. The van der Waals surface area contributed by atoms with Gasteiger partial charge in [0.15, 0.2) is 0 Å². The number of para-hydroxylation sites is 1. The van der Waals surface area contributed by atoms with Crippen LogP contribution in [0.25, 0.3) is 0 Å². The summed E-state index contributed by atoms with van der Waals surface area (Å²) in [7, 11) is 0. The molecule has 1 aliphatic rings. The summed E-state index contributed by atoms with van der Waals surface area (Å²) in [6.07, 6.45) is 0. The van der Waals surface area contributed by atoms with Crippen molar-refractivity contribution in [1.82, 2.24) is 5.32 Å². The van der Waals surface area contributed by atoms with Crippen LogP contribution in [-0.4, -0.2) is 11.7 Å². The molecule has 1 aromatic rings. The van der Waals surface area contributed by atoms with Gasteiger partial charge in [-0.05, 0) is 12.1 Å². The summed E-state index contributed by atoms with van der Waals surface area (Å²) < 4.78 is 0. The molecule has 1 aromatic carbocycles. The molecule has 11 heavy (non-hydrogen) atoms. The molecule has 2 N–H and O–H groups in total. The van der Waals surface area contributed by atoms with E-state index in [0.29, 0.717) is 0 Å². The van der Waals surface area contributed by atoms with Crippen molar-refractivity contribution in [3.63, 3.8) is 0 Å². The fraction of sp³-hybridized carbons (Fsp3) is 0.125. The fourth-order valence-electron chi connectivity index (χ4n) is 1.15. The molecule has 1 aliphatic heterocycles. The maximum absolute atomic E-state index is 5.11. The molecule has 0 spiro atoms. The van der Waals surface area contributed by atoms with Gasteiger partial charge in [0.05, 0.1) is 6.67 Å². The molecule has 0 fully saturated rings. The lowest BCUT2D eigenvalue weighted by Gasteiger charge is -2.19. The van der Waals surface area contributed by atoms with E-state index in [1.54, 1.807) is 0 Å². The van der Waals surface area contributed by atoms with Gasteiger partial charge in [-0.2, -0.15) is 0 Å². The summed E-state index contributed by atoms with van der Waals surface area (Å²) in [6.45, 7) is 0.732. The van der Waals surface area contributed by atoms with Crippen molar-refractivity contribution in [3.8, 4) is 0 Å².